The van der Waals surface area contributed by atoms with Crippen molar-refractivity contribution in [1.82, 2.24) is 14.9 Å². The zero-order valence-electron chi connectivity index (χ0n) is 15.8. The van der Waals surface area contributed by atoms with E-state index in [0.717, 1.165) is 23.6 Å². The van der Waals surface area contributed by atoms with Crippen molar-refractivity contribution in [1.29, 1.82) is 0 Å². The van der Waals surface area contributed by atoms with Crippen LogP contribution in [0.1, 0.15) is 38.1 Å². The Labute approximate surface area is 172 Å². The minimum atomic E-state index is -0.321. The molecule has 1 aromatic heterocycles. The standard InChI is InChI=1S/C19H26N4O2.2ClH/c1-13(2)18-21-7-9-23(18)12-15-5-4-6-16(11-15)22-19(24)17-14(3)25-10-8-20-17;;/h4-7,9,11,13-14,17,20H,8,10,12H2,1-3H3,(H,22,24);2*1H/t14-,17+;;/m1../s1. The molecule has 0 radical (unpaired) electrons. The minimum Gasteiger partial charge on any atom is -0.375 e. The van der Waals surface area contributed by atoms with Crippen molar-refractivity contribution < 1.29 is 9.53 Å². The topological polar surface area (TPSA) is 68.2 Å². The van der Waals surface area contributed by atoms with E-state index in [1.165, 1.54) is 0 Å². The molecule has 0 aliphatic carbocycles. The van der Waals surface area contributed by atoms with Gasteiger partial charge in [0.05, 0.1) is 12.7 Å². The van der Waals surface area contributed by atoms with Crippen molar-refractivity contribution in [2.75, 3.05) is 18.5 Å². The quantitative estimate of drug-likeness (QED) is 0.787. The third kappa shape index (κ3) is 5.94. The van der Waals surface area contributed by atoms with E-state index in [9.17, 15) is 4.79 Å². The Morgan fingerprint density at radius 3 is 2.89 bits per heavy atom. The van der Waals surface area contributed by atoms with E-state index in [0.29, 0.717) is 19.1 Å². The van der Waals surface area contributed by atoms with E-state index in [1.807, 2.05) is 37.5 Å². The molecule has 1 fully saturated rings. The largest absolute Gasteiger partial charge is 0.375 e. The molecule has 3 rings (SSSR count). The van der Waals surface area contributed by atoms with Crippen molar-refractivity contribution in [3.8, 4) is 0 Å². The van der Waals surface area contributed by atoms with Gasteiger partial charge in [0, 0.05) is 37.1 Å². The second kappa shape index (κ2) is 10.7. The van der Waals surface area contributed by atoms with E-state index < -0.39 is 0 Å². The molecule has 1 aromatic carbocycles. The van der Waals surface area contributed by atoms with Gasteiger partial charge in [0.2, 0.25) is 5.91 Å². The molecule has 0 bridgehead atoms. The van der Waals surface area contributed by atoms with Gasteiger partial charge in [0.1, 0.15) is 11.9 Å². The summed E-state index contributed by atoms with van der Waals surface area (Å²) < 4.78 is 7.69. The molecule has 1 aliphatic heterocycles. The van der Waals surface area contributed by atoms with Crippen LogP contribution < -0.4 is 10.6 Å². The summed E-state index contributed by atoms with van der Waals surface area (Å²) in [6, 6.07) is 7.62. The fraction of sp³-hybridized carbons (Fsp3) is 0.474. The molecule has 2 aromatic rings. The molecule has 27 heavy (non-hydrogen) atoms. The first-order valence-corrected chi connectivity index (χ1v) is 8.80. The predicted octanol–water partition coefficient (Wildman–Crippen LogP) is 3.21. The van der Waals surface area contributed by atoms with Gasteiger partial charge < -0.3 is 19.9 Å². The summed E-state index contributed by atoms with van der Waals surface area (Å²) in [6.07, 6.45) is 3.69. The van der Waals surface area contributed by atoms with E-state index in [4.69, 9.17) is 4.74 Å². The molecule has 1 saturated heterocycles. The monoisotopic (exact) mass is 414 g/mol. The molecule has 8 heteroatoms. The zero-order valence-corrected chi connectivity index (χ0v) is 17.5. The van der Waals surface area contributed by atoms with Gasteiger partial charge in [-0.1, -0.05) is 26.0 Å². The van der Waals surface area contributed by atoms with E-state index >= 15 is 0 Å². The van der Waals surface area contributed by atoms with Gasteiger partial charge in [0.25, 0.3) is 0 Å². The van der Waals surface area contributed by atoms with E-state index in [2.05, 4.69) is 40.1 Å². The maximum atomic E-state index is 12.5. The Balaban J connectivity index is 0.00000182. The summed E-state index contributed by atoms with van der Waals surface area (Å²) in [5, 5.41) is 6.20. The highest BCUT2D eigenvalue weighted by Gasteiger charge is 2.28. The van der Waals surface area contributed by atoms with Crippen molar-refractivity contribution in [2.24, 2.45) is 0 Å². The maximum absolute atomic E-state index is 12.5. The summed E-state index contributed by atoms with van der Waals surface area (Å²) >= 11 is 0. The number of anilines is 1. The van der Waals surface area contributed by atoms with Gasteiger partial charge in [0.15, 0.2) is 0 Å². The number of morpholine rings is 1. The normalized spacial score (nSPS) is 19.1. The number of aromatic nitrogens is 2. The van der Waals surface area contributed by atoms with Gasteiger partial charge in [-0.25, -0.2) is 4.98 Å². The Hall–Kier alpha value is -1.60. The fourth-order valence-electron chi connectivity index (χ4n) is 3.15. The molecule has 2 N–H and O–H groups in total. The Kier molecular flexibility index (Phi) is 9.26. The molecule has 150 valence electrons. The highest BCUT2D eigenvalue weighted by atomic mass is 35.5. The molecule has 1 aliphatic rings. The summed E-state index contributed by atoms with van der Waals surface area (Å²) in [4.78, 5) is 16.9. The second-order valence-electron chi connectivity index (χ2n) is 6.77. The lowest BCUT2D eigenvalue weighted by molar-refractivity contribution is -0.123. The zero-order chi connectivity index (χ0) is 17.8. The summed E-state index contributed by atoms with van der Waals surface area (Å²) in [5.74, 6) is 1.37. The molecule has 0 saturated carbocycles. The summed E-state index contributed by atoms with van der Waals surface area (Å²) in [6.45, 7) is 8.26. The van der Waals surface area contributed by atoms with Crippen LogP contribution in [0.15, 0.2) is 36.7 Å². The van der Waals surface area contributed by atoms with Gasteiger partial charge in [-0.05, 0) is 24.6 Å². The average molecular weight is 415 g/mol. The third-order valence-corrected chi connectivity index (χ3v) is 4.41. The molecule has 6 nitrogen and oxygen atoms in total. The molecule has 0 spiro atoms. The summed E-state index contributed by atoms with van der Waals surface area (Å²) in [7, 11) is 0. The Morgan fingerprint density at radius 1 is 1.41 bits per heavy atom. The highest BCUT2D eigenvalue weighted by molar-refractivity contribution is 5.95. The number of amides is 1. The fourth-order valence-corrected chi connectivity index (χ4v) is 3.15. The number of halogens is 2. The number of hydrogen-bond acceptors (Lipinski definition) is 4. The van der Waals surface area contributed by atoms with Gasteiger partial charge >= 0.3 is 0 Å². The lowest BCUT2D eigenvalue weighted by Gasteiger charge is -2.29. The molecule has 2 heterocycles. The first kappa shape index (κ1) is 23.4. The number of carbonyl (C=O) groups excluding carboxylic acids is 1. The van der Waals surface area contributed by atoms with Gasteiger partial charge in [-0.2, -0.15) is 0 Å². The molecular formula is C19H28Cl2N4O2. The van der Waals surface area contributed by atoms with Crippen LogP contribution in [0, 0.1) is 0 Å². The number of ether oxygens (including phenoxy) is 1. The number of hydrogen-bond donors (Lipinski definition) is 2. The van der Waals surface area contributed by atoms with Crippen molar-refractivity contribution >= 4 is 36.4 Å². The number of nitrogens with one attached hydrogen (secondary N) is 2. The van der Waals surface area contributed by atoms with Crippen LogP contribution in [-0.2, 0) is 16.1 Å². The maximum Gasteiger partial charge on any atom is 0.244 e. The number of benzene rings is 1. The van der Waals surface area contributed by atoms with E-state index in [-0.39, 0.29) is 42.9 Å². The SMILES string of the molecule is CC(C)c1nccn1Cc1cccc(NC(=O)[C@H]2NCCO[C@@H]2C)c1.Cl.Cl. The van der Waals surface area contributed by atoms with Crippen LogP contribution in [0.3, 0.4) is 0 Å². The van der Waals surface area contributed by atoms with Gasteiger partial charge in [-0.3, -0.25) is 4.79 Å². The van der Waals surface area contributed by atoms with Crippen LogP contribution in [0.5, 0.6) is 0 Å². The number of nitrogens with zero attached hydrogens (tertiary/aromatic N) is 2. The van der Waals surface area contributed by atoms with Crippen LogP contribution in [-0.4, -0.2) is 40.8 Å². The Bertz CT molecular complexity index is 736. The first-order chi connectivity index (χ1) is 12.0. The highest BCUT2D eigenvalue weighted by Crippen LogP contribution is 2.17. The van der Waals surface area contributed by atoms with Crippen LogP contribution in [0.2, 0.25) is 0 Å². The second-order valence-corrected chi connectivity index (χ2v) is 6.77. The number of rotatable bonds is 5. The smallest absolute Gasteiger partial charge is 0.244 e. The van der Waals surface area contributed by atoms with Crippen LogP contribution in [0.25, 0.3) is 0 Å². The molecule has 2 atom stereocenters. The molecular weight excluding hydrogens is 387 g/mol. The lowest BCUT2D eigenvalue weighted by Crippen LogP contribution is -2.53. The van der Waals surface area contributed by atoms with Gasteiger partial charge in [-0.15, -0.1) is 24.8 Å². The average Bonchev–Trinajstić information content (AvgIpc) is 3.04. The van der Waals surface area contributed by atoms with E-state index in [1.54, 1.807) is 0 Å². The Morgan fingerprint density at radius 2 is 2.19 bits per heavy atom. The number of imidazole rings is 1. The first-order valence-electron chi connectivity index (χ1n) is 8.80. The van der Waals surface area contributed by atoms with Crippen LogP contribution in [0.4, 0.5) is 5.69 Å². The van der Waals surface area contributed by atoms with Crippen molar-refractivity contribution in [3.05, 3.63) is 48.0 Å². The molecule has 1 amide bonds. The minimum absolute atomic E-state index is 0. The van der Waals surface area contributed by atoms with Crippen LogP contribution >= 0.6 is 24.8 Å². The van der Waals surface area contributed by atoms with Crippen molar-refractivity contribution in [2.45, 2.75) is 45.4 Å². The molecule has 0 unspecified atom stereocenters. The third-order valence-electron chi connectivity index (χ3n) is 4.41. The predicted molar refractivity (Wildman–Crippen MR) is 112 cm³/mol. The summed E-state index contributed by atoms with van der Waals surface area (Å²) in [5.41, 5.74) is 1.92. The lowest BCUT2D eigenvalue weighted by atomic mass is 10.1. The number of carbonyl (C=O) groups is 1. The van der Waals surface area contributed by atoms with Crippen molar-refractivity contribution in [3.63, 3.8) is 0 Å².